The van der Waals surface area contributed by atoms with Crippen molar-refractivity contribution in [3.63, 3.8) is 0 Å². The average molecular weight is 503 g/mol. The molecular formula is C28H27FN4O4. The fraction of sp³-hybridized carbons (Fsp3) is 0.179. The van der Waals surface area contributed by atoms with Crippen molar-refractivity contribution in [1.29, 1.82) is 0 Å². The van der Waals surface area contributed by atoms with E-state index in [1.165, 1.54) is 12.1 Å². The van der Waals surface area contributed by atoms with Gasteiger partial charge in [-0.25, -0.2) is 9.38 Å². The highest BCUT2D eigenvalue weighted by atomic mass is 19.1. The topological polar surface area (TPSA) is 109 Å². The number of fused-ring (bicyclic) bond motifs is 1. The molecule has 0 fully saturated rings. The van der Waals surface area contributed by atoms with Crippen molar-refractivity contribution < 1.29 is 24.2 Å². The lowest BCUT2D eigenvalue weighted by atomic mass is 9.99. The number of aliphatic imine (C=N–C) groups is 1. The van der Waals surface area contributed by atoms with Gasteiger partial charge >= 0.3 is 5.97 Å². The first kappa shape index (κ1) is 25.6. The maximum absolute atomic E-state index is 13.8. The number of carboxylic acids is 1. The molecule has 0 spiro atoms. The molecule has 0 radical (unpaired) electrons. The van der Waals surface area contributed by atoms with Crippen molar-refractivity contribution in [1.82, 2.24) is 9.88 Å². The van der Waals surface area contributed by atoms with E-state index in [-0.39, 0.29) is 24.8 Å². The third-order valence-electron chi connectivity index (χ3n) is 5.86. The van der Waals surface area contributed by atoms with Crippen LogP contribution < -0.4 is 4.90 Å². The molecule has 3 N–H and O–H groups in total. The summed E-state index contributed by atoms with van der Waals surface area (Å²) in [4.78, 5) is 34.5. The summed E-state index contributed by atoms with van der Waals surface area (Å²) >= 11 is 0. The number of amides is 1. The van der Waals surface area contributed by atoms with Crippen LogP contribution in [0.3, 0.4) is 0 Å². The van der Waals surface area contributed by atoms with E-state index in [9.17, 15) is 19.1 Å². The third kappa shape index (κ3) is 5.84. The summed E-state index contributed by atoms with van der Waals surface area (Å²) in [5.74, 6) is -1.61. The lowest BCUT2D eigenvalue weighted by molar-refractivity contribution is -0.136. The molecule has 0 saturated carbocycles. The quantitative estimate of drug-likeness (QED) is 0.311. The Morgan fingerprint density at radius 3 is 2.27 bits per heavy atom. The minimum absolute atomic E-state index is 0.0562. The molecule has 0 aliphatic rings. The number of likely N-dealkylation sites (N-methyl/N-ethyl adjacent to an activating group) is 2. The van der Waals surface area contributed by atoms with Gasteiger partial charge in [0.15, 0.2) is 5.88 Å². The van der Waals surface area contributed by atoms with Gasteiger partial charge in [0.2, 0.25) is 5.91 Å². The minimum Gasteiger partial charge on any atom is -0.494 e. The Morgan fingerprint density at radius 1 is 0.973 bits per heavy atom. The average Bonchev–Trinajstić information content (AvgIpc) is 3.16. The fourth-order valence-electron chi connectivity index (χ4n) is 4.02. The van der Waals surface area contributed by atoms with Crippen LogP contribution in [0, 0.1) is 5.82 Å². The van der Waals surface area contributed by atoms with E-state index in [0.29, 0.717) is 44.7 Å². The number of aromatic hydroxyl groups is 1. The van der Waals surface area contributed by atoms with Crippen LogP contribution in [0.5, 0.6) is 5.88 Å². The molecule has 8 nitrogen and oxygen atoms in total. The van der Waals surface area contributed by atoms with E-state index in [1.807, 2.05) is 14.1 Å². The Kier molecular flexibility index (Phi) is 7.35. The van der Waals surface area contributed by atoms with Crippen LogP contribution in [-0.4, -0.2) is 65.4 Å². The molecule has 1 aromatic heterocycles. The summed E-state index contributed by atoms with van der Waals surface area (Å²) in [6.45, 7) is 0.277. The van der Waals surface area contributed by atoms with Crippen LogP contribution in [0.4, 0.5) is 15.8 Å². The predicted octanol–water partition coefficient (Wildman–Crippen LogP) is 4.33. The number of carbonyl (C=O) groups is 2. The van der Waals surface area contributed by atoms with E-state index >= 15 is 0 Å². The number of carboxylic acid groups (broad SMARTS) is 1. The number of aromatic amines is 1. The van der Waals surface area contributed by atoms with E-state index in [2.05, 4.69) is 4.98 Å². The molecule has 0 saturated heterocycles. The molecule has 3 aromatic carbocycles. The SMILES string of the molecule is CN(C)CC(=O)N(C)c1ccc(N=C(c2ccc(CC(=O)O)cc2)c2c(O)[nH]c3cc(F)ccc23)cc1. The van der Waals surface area contributed by atoms with Gasteiger partial charge in [0.05, 0.1) is 35.4 Å². The van der Waals surface area contributed by atoms with Gasteiger partial charge < -0.3 is 25.0 Å². The number of H-pyrrole nitrogens is 1. The number of nitrogens with zero attached hydrogens (tertiary/aromatic N) is 3. The van der Waals surface area contributed by atoms with E-state index in [1.54, 1.807) is 71.4 Å². The molecule has 0 aliphatic heterocycles. The van der Waals surface area contributed by atoms with Crippen LogP contribution in [-0.2, 0) is 16.0 Å². The molecular weight excluding hydrogens is 475 g/mol. The summed E-state index contributed by atoms with van der Waals surface area (Å²) in [5.41, 5.74) is 3.76. The Morgan fingerprint density at radius 2 is 1.65 bits per heavy atom. The zero-order valence-electron chi connectivity index (χ0n) is 20.7. The van der Waals surface area contributed by atoms with E-state index < -0.39 is 11.8 Å². The second kappa shape index (κ2) is 10.6. The molecule has 37 heavy (non-hydrogen) atoms. The second-order valence-electron chi connectivity index (χ2n) is 8.97. The largest absolute Gasteiger partial charge is 0.494 e. The molecule has 4 rings (SSSR count). The predicted molar refractivity (Wildman–Crippen MR) is 141 cm³/mol. The molecule has 190 valence electrons. The molecule has 0 atom stereocenters. The smallest absolute Gasteiger partial charge is 0.307 e. The van der Waals surface area contributed by atoms with Gasteiger partial charge in [0.25, 0.3) is 0 Å². The number of rotatable bonds is 8. The standard InChI is InChI=1S/C28H27FN4O4/c1-32(2)16-24(34)33(3)21-11-9-20(10-12-21)30-27(18-6-4-17(5-7-18)14-25(35)36)26-22-13-8-19(29)15-23(22)31-28(26)37/h4-13,15,31,37H,14,16H2,1-3H3,(H,35,36). The maximum atomic E-state index is 13.8. The molecule has 0 unspecified atom stereocenters. The summed E-state index contributed by atoms with van der Waals surface area (Å²) < 4.78 is 13.8. The number of nitrogens with one attached hydrogen (secondary N) is 1. The highest BCUT2D eigenvalue weighted by Crippen LogP contribution is 2.32. The van der Waals surface area contributed by atoms with Gasteiger partial charge in [0.1, 0.15) is 5.82 Å². The zero-order valence-corrected chi connectivity index (χ0v) is 20.7. The number of anilines is 1. The molecule has 4 aromatic rings. The van der Waals surface area contributed by atoms with Gasteiger partial charge in [-0.15, -0.1) is 0 Å². The Hall–Kier alpha value is -4.50. The summed E-state index contributed by atoms with van der Waals surface area (Å²) in [6, 6.07) is 18.1. The van der Waals surface area contributed by atoms with Crippen LogP contribution in [0.1, 0.15) is 16.7 Å². The number of hydrogen-bond acceptors (Lipinski definition) is 5. The summed E-state index contributed by atoms with van der Waals surface area (Å²) in [6.07, 6.45) is -0.119. The van der Waals surface area contributed by atoms with Gasteiger partial charge in [0, 0.05) is 23.7 Å². The zero-order chi connectivity index (χ0) is 26.7. The number of carbonyl (C=O) groups excluding carboxylic acids is 1. The third-order valence-corrected chi connectivity index (χ3v) is 5.86. The molecule has 9 heteroatoms. The van der Waals surface area contributed by atoms with Crippen molar-refractivity contribution in [3.8, 4) is 5.88 Å². The van der Waals surface area contributed by atoms with Crippen LogP contribution >= 0.6 is 0 Å². The van der Waals surface area contributed by atoms with Gasteiger partial charge in [-0.1, -0.05) is 24.3 Å². The van der Waals surface area contributed by atoms with Crippen LogP contribution in [0.2, 0.25) is 0 Å². The summed E-state index contributed by atoms with van der Waals surface area (Å²) in [5, 5.41) is 20.4. The first-order valence-electron chi connectivity index (χ1n) is 11.5. The summed E-state index contributed by atoms with van der Waals surface area (Å²) in [7, 11) is 5.36. The second-order valence-corrected chi connectivity index (χ2v) is 8.97. The number of aliphatic carboxylic acids is 1. The Labute approximate surface area is 213 Å². The lowest BCUT2D eigenvalue weighted by Gasteiger charge is -2.19. The Bertz CT molecular complexity index is 1470. The monoisotopic (exact) mass is 502 g/mol. The molecule has 1 amide bonds. The van der Waals surface area contributed by atoms with Crippen molar-refractivity contribution in [2.75, 3.05) is 32.6 Å². The van der Waals surface area contributed by atoms with E-state index in [0.717, 1.165) is 0 Å². The fourth-order valence-corrected chi connectivity index (χ4v) is 4.02. The van der Waals surface area contributed by atoms with Crippen LogP contribution in [0.15, 0.2) is 71.7 Å². The first-order valence-corrected chi connectivity index (χ1v) is 11.5. The van der Waals surface area contributed by atoms with E-state index in [4.69, 9.17) is 10.1 Å². The normalized spacial score (nSPS) is 11.8. The highest BCUT2D eigenvalue weighted by Gasteiger charge is 2.20. The lowest BCUT2D eigenvalue weighted by Crippen LogP contribution is -2.34. The van der Waals surface area contributed by atoms with Gasteiger partial charge in [-0.2, -0.15) is 0 Å². The number of benzene rings is 3. The number of hydrogen-bond donors (Lipinski definition) is 3. The van der Waals surface area contributed by atoms with Crippen molar-refractivity contribution in [2.45, 2.75) is 6.42 Å². The first-order chi connectivity index (χ1) is 17.6. The van der Waals surface area contributed by atoms with Crippen molar-refractivity contribution >= 4 is 39.9 Å². The van der Waals surface area contributed by atoms with Crippen LogP contribution in [0.25, 0.3) is 10.9 Å². The number of aromatic nitrogens is 1. The minimum atomic E-state index is -0.938. The van der Waals surface area contributed by atoms with Crippen molar-refractivity contribution in [3.05, 3.63) is 89.2 Å². The Balaban J connectivity index is 1.78. The maximum Gasteiger partial charge on any atom is 0.307 e. The number of halogens is 1. The van der Waals surface area contributed by atoms with Gasteiger partial charge in [-0.3, -0.25) is 9.59 Å². The highest BCUT2D eigenvalue weighted by molar-refractivity contribution is 6.21. The molecule has 1 heterocycles. The van der Waals surface area contributed by atoms with Crippen molar-refractivity contribution in [2.24, 2.45) is 4.99 Å². The van der Waals surface area contributed by atoms with Gasteiger partial charge in [-0.05, 0) is 62.1 Å². The molecule has 0 aliphatic carbocycles. The molecule has 0 bridgehead atoms.